The van der Waals surface area contributed by atoms with Crippen molar-refractivity contribution in [2.45, 2.75) is 81.9 Å². The summed E-state index contributed by atoms with van der Waals surface area (Å²) in [5.74, 6) is 0. The van der Waals surface area contributed by atoms with Crippen LogP contribution in [0.2, 0.25) is 17.1 Å². The minimum Gasteiger partial charge on any atom is -0.412 e. The minimum absolute atomic E-state index is 0.243. The first-order valence-electron chi connectivity index (χ1n) is 11.7. The number of benzene rings is 2. The standard InChI is InChI=1S/C25H36F3NO4SSi/c1-7-35(8-2,23(4,5)6)33-19(3)22(29-34(31,32)25(26,27)28)24(30,20-15-11-9-12-16-20)21-17-13-10-14-18-21/h9-19,22,29-30H,7-8H2,1-6H3. The molecule has 196 valence electrons. The van der Waals surface area contributed by atoms with E-state index in [1.807, 2.05) is 34.6 Å². The summed E-state index contributed by atoms with van der Waals surface area (Å²) in [6.45, 7) is 11.5. The Morgan fingerprint density at radius 2 is 1.31 bits per heavy atom. The average molecular weight is 532 g/mol. The summed E-state index contributed by atoms with van der Waals surface area (Å²) in [5, 5.41) is 11.9. The number of hydrogen-bond acceptors (Lipinski definition) is 4. The molecule has 0 saturated carbocycles. The molecule has 0 amide bonds. The normalized spacial score (nSPS) is 15.6. The molecular formula is C25H36F3NO4SSi. The summed E-state index contributed by atoms with van der Waals surface area (Å²) in [7, 11) is -8.42. The number of rotatable bonds is 10. The number of halogens is 3. The molecule has 0 heterocycles. The van der Waals surface area contributed by atoms with E-state index in [4.69, 9.17) is 4.43 Å². The smallest absolute Gasteiger partial charge is 0.412 e. The lowest BCUT2D eigenvalue weighted by Gasteiger charge is -2.47. The number of sulfonamides is 1. The van der Waals surface area contributed by atoms with Crippen LogP contribution in [0.3, 0.4) is 0 Å². The van der Waals surface area contributed by atoms with Crippen molar-refractivity contribution >= 4 is 18.3 Å². The first kappa shape index (κ1) is 29.5. The zero-order valence-corrected chi connectivity index (χ0v) is 22.9. The van der Waals surface area contributed by atoms with Gasteiger partial charge in [0.25, 0.3) is 0 Å². The lowest BCUT2D eigenvalue weighted by atomic mass is 9.78. The van der Waals surface area contributed by atoms with Gasteiger partial charge in [0.1, 0.15) is 5.60 Å². The Bertz CT molecular complexity index is 1010. The minimum atomic E-state index is -5.82. The predicted octanol–water partition coefficient (Wildman–Crippen LogP) is 5.92. The van der Waals surface area contributed by atoms with Crippen LogP contribution in [0.25, 0.3) is 0 Å². The molecule has 10 heteroatoms. The molecule has 0 spiro atoms. The number of nitrogens with one attached hydrogen (secondary N) is 1. The van der Waals surface area contributed by atoms with Crippen molar-refractivity contribution in [1.82, 2.24) is 4.72 Å². The van der Waals surface area contributed by atoms with Crippen molar-refractivity contribution in [1.29, 1.82) is 0 Å². The molecule has 0 aromatic heterocycles. The molecule has 2 unspecified atom stereocenters. The molecule has 2 N–H and O–H groups in total. The van der Waals surface area contributed by atoms with Gasteiger partial charge < -0.3 is 9.53 Å². The van der Waals surface area contributed by atoms with Crippen molar-refractivity contribution < 1.29 is 31.1 Å². The van der Waals surface area contributed by atoms with E-state index in [2.05, 4.69) is 0 Å². The van der Waals surface area contributed by atoms with Gasteiger partial charge >= 0.3 is 15.5 Å². The van der Waals surface area contributed by atoms with Crippen LogP contribution in [-0.2, 0) is 20.1 Å². The molecule has 2 atom stereocenters. The zero-order chi connectivity index (χ0) is 26.7. The fourth-order valence-corrected chi connectivity index (χ4v) is 9.73. The van der Waals surface area contributed by atoms with Crippen LogP contribution < -0.4 is 4.72 Å². The van der Waals surface area contributed by atoms with Crippen LogP contribution in [0.4, 0.5) is 13.2 Å². The Morgan fingerprint density at radius 3 is 1.63 bits per heavy atom. The Morgan fingerprint density at radius 1 is 0.914 bits per heavy atom. The van der Waals surface area contributed by atoms with E-state index in [1.54, 1.807) is 65.4 Å². The third kappa shape index (κ3) is 5.99. The third-order valence-corrected chi connectivity index (χ3v) is 13.9. The SMILES string of the molecule is CC[Si](CC)(OC(C)C(NS(=O)(=O)C(F)(F)F)C(O)(c1ccccc1)c1ccccc1)C(C)(C)C. The van der Waals surface area contributed by atoms with Crippen LogP contribution in [0.1, 0.15) is 52.7 Å². The van der Waals surface area contributed by atoms with Crippen LogP contribution in [0.15, 0.2) is 60.7 Å². The van der Waals surface area contributed by atoms with Gasteiger partial charge in [-0.15, -0.1) is 0 Å². The summed E-state index contributed by atoms with van der Waals surface area (Å²) in [6, 6.07) is 15.9. The molecule has 5 nitrogen and oxygen atoms in total. The lowest BCUT2D eigenvalue weighted by molar-refractivity contribution is -0.0490. The molecule has 0 aliphatic rings. The van der Waals surface area contributed by atoms with E-state index in [0.29, 0.717) is 12.1 Å². The van der Waals surface area contributed by atoms with E-state index < -0.39 is 41.6 Å². The lowest BCUT2D eigenvalue weighted by Crippen LogP contribution is -2.62. The molecule has 0 aliphatic carbocycles. The van der Waals surface area contributed by atoms with Gasteiger partial charge in [-0.05, 0) is 35.2 Å². The monoisotopic (exact) mass is 531 g/mol. The van der Waals surface area contributed by atoms with E-state index in [0.717, 1.165) is 0 Å². The number of alkyl halides is 3. The van der Waals surface area contributed by atoms with Crippen LogP contribution in [0.5, 0.6) is 0 Å². The largest absolute Gasteiger partial charge is 0.511 e. The van der Waals surface area contributed by atoms with Crippen LogP contribution >= 0.6 is 0 Å². The molecule has 2 aromatic carbocycles. The van der Waals surface area contributed by atoms with Gasteiger partial charge in [0.05, 0.1) is 12.1 Å². The van der Waals surface area contributed by atoms with Gasteiger partial charge in [-0.1, -0.05) is 95.3 Å². The number of hydrogen-bond donors (Lipinski definition) is 2. The van der Waals surface area contributed by atoms with Gasteiger partial charge in [-0.25, -0.2) is 8.42 Å². The molecule has 2 rings (SSSR count). The molecule has 0 fully saturated rings. The highest BCUT2D eigenvalue weighted by atomic mass is 32.2. The summed E-state index contributed by atoms with van der Waals surface area (Å²) < 4.78 is 73.8. The maximum atomic E-state index is 13.5. The van der Waals surface area contributed by atoms with Crippen molar-refractivity contribution in [3.8, 4) is 0 Å². The molecule has 0 aliphatic heterocycles. The predicted molar refractivity (Wildman–Crippen MR) is 135 cm³/mol. The van der Waals surface area contributed by atoms with Gasteiger partial charge in [0.15, 0.2) is 8.32 Å². The first-order chi connectivity index (χ1) is 16.1. The molecule has 0 radical (unpaired) electrons. The van der Waals surface area contributed by atoms with Crippen molar-refractivity contribution in [3.05, 3.63) is 71.8 Å². The van der Waals surface area contributed by atoms with E-state index in [1.165, 1.54) is 6.92 Å². The highest BCUT2D eigenvalue weighted by Crippen LogP contribution is 2.45. The topological polar surface area (TPSA) is 75.6 Å². The second-order valence-electron chi connectivity index (χ2n) is 9.82. The molecular weight excluding hydrogens is 495 g/mol. The molecule has 0 bridgehead atoms. The first-order valence-corrected chi connectivity index (χ1v) is 15.5. The summed E-state index contributed by atoms with van der Waals surface area (Å²) >= 11 is 0. The Hall–Kier alpha value is -1.72. The molecule has 2 aromatic rings. The van der Waals surface area contributed by atoms with E-state index >= 15 is 0 Å². The van der Waals surface area contributed by atoms with Gasteiger partial charge in [0, 0.05) is 0 Å². The molecule has 0 saturated heterocycles. The second-order valence-corrected chi connectivity index (χ2v) is 16.7. The van der Waals surface area contributed by atoms with E-state index in [-0.39, 0.29) is 16.2 Å². The Balaban J connectivity index is 2.79. The third-order valence-electron chi connectivity index (χ3n) is 6.85. The van der Waals surface area contributed by atoms with Crippen molar-refractivity contribution in [2.75, 3.05) is 0 Å². The zero-order valence-electron chi connectivity index (χ0n) is 21.1. The Kier molecular flexibility index (Phi) is 9.04. The van der Waals surface area contributed by atoms with Crippen LogP contribution in [0, 0.1) is 0 Å². The summed E-state index contributed by atoms with van der Waals surface area (Å²) in [4.78, 5) is 0. The number of aliphatic hydroxyl groups is 1. The summed E-state index contributed by atoms with van der Waals surface area (Å²) in [6.07, 6.45) is -1.09. The van der Waals surface area contributed by atoms with Gasteiger partial charge in [0.2, 0.25) is 0 Å². The van der Waals surface area contributed by atoms with Gasteiger partial charge in [-0.2, -0.15) is 17.9 Å². The fourth-order valence-electron chi connectivity index (χ4n) is 4.74. The van der Waals surface area contributed by atoms with Crippen molar-refractivity contribution in [3.63, 3.8) is 0 Å². The van der Waals surface area contributed by atoms with Crippen LogP contribution in [-0.4, -0.2) is 39.5 Å². The average Bonchev–Trinajstić information content (AvgIpc) is 2.80. The van der Waals surface area contributed by atoms with Gasteiger partial charge in [-0.3, -0.25) is 0 Å². The van der Waals surface area contributed by atoms with Crippen molar-refractivity contribution in [2.24, 2.45) is 0 Å². The fraction of sp³-hybridized carbons (Fsp3) is 0.520. The molecule has 35 heavy (non-hydrogen) atoms. The highest BCUT2D eigenvalue weighted by Gasteiger charge is 2.54. The van der Waals surface area contributed by atoms with E-state index in [9.17, 15) is 26.7 Å². The maximum absolute atomic E-state index is 13.5. The summed E-state index contributed by atoms with van der Waals surface area (Å²) in [5.41, 5.74) is -7.23. The Labute approximate surface area is 207 Å². The quantitative estimate of drug-likeness (QED) is 0.373. The second kappa shape index (κ2) is 10.7. The maximum Gasteiger partial charge on any atom is 0.511 e. The highest BCUT2D eigenvalue weighted by molar-refractivity contribution is 7.90.